The molecule has 0 unspecified atom stereocenters. The summed E-state index contributed by atoms with van der Waals surface area (Å²) < 4.78 is 5.81. The highest BCUT2D eigenvalue weighted by molar-refractivity contribution is 5.81. The zero-order chi connectivity index (χ0) is 14.5. The molecule has 3 aromatic rings. The van der Waals surface area contributed by atoms with Crippen LogP contribution in [-0.4, -0.2) is 11.3 Å². The van der Waals surface area contributed by atoms with Crippen LogP contribution in [0.3, 0.4) is 0 Å². The molecule has 0 spiro atoms. The van der Waals surface area contributed by atoms with Crippen molar-refractivity contribution in [2.45, 2.75) is 13.0 Å². The van der Waals surface area contributed by atoms with Gasteiger partial charge in [0, 0.05) is 23.6 Å². The number of ether oxygens (including phenoxy) is 1. The number of aromatic nitrogens is 1. The Morgan fingerprint density at radius 2 is 1.81 bits per heavy atom. The summed E-state index contributed by atoms with van der Waals surface area (Å²) in [5.74, 6) is 0.783. The first-order valence-electron chi connectivity index (χ1n) is 6.76. The van der Waals surface area contributed by atoms with Crippen LogP contribution in [0, 0.1) is 0 Å². The molecule has 0 aliphatic heterocycles. The van der Waals surface area contributed by atoms with Gasteiger partial charge in [-0.05, 0) is 29.8 Å². The lowest BCUT2D eigenvalue weighted by molar-refractivity contribution is 0.307. The predicted molar refractivity (Wildman–Crippen MR) is 81.9 cm³/mol. The van der Waals surface area contributed by atoms with Crippen LogP contribution >= 0.6 is 0 Å². The Kier molecular flexibility index (Phi) is 3.92. The Bertz CT molecular complexity index is 745. The van der Waals surface area contributed by atoms with Crippen LogP contribution in [0.15, 0.2) is 60.8 Å². The highest BCUT2D eigenvalue weighted by atomic mass is 16.5. The second-order valence-electron chi connectivity index (χ2n) is 4.74. The molecule has 0 aliphatic carbocycles. The molecule has 0 saturated carbocycles. The monoisotopic (exact) mass is 276 g/mol. The SMILES string of the molecule is O=[C]Cc1ccc(OCc2ccnc3ccccc23)cc1. The Morgan fingerprint density at radius 3 is 2.62 bits per heavy atom. The largest absolute Gasteiger partial charge is 0.489 e. The van der Waals surface area contributed by atoms with Gasteiger partial charge in [-0.1, -0.05) is 30.3 Å². The Labute approximate surface area is 123 Å². The topological polar surface area (TPSA) is 39.2 Å². The van der Waals surface area contributed by atoms with E-state index in [1.54, 1.807) is 6.20 Å². The molecule has 0 N–H and O–H groups in total. The summed E-state index contributed by atoms with van der Waals surface area (Å²) in [6, 6.07) is 17.5. The lowest BCUT2D eigenvalue weighted by atomic mass is 10.1. The van der Waals surface area contributed by atoms with Crippen molar-refractivity contribution in [1.82, 2.24) is 4.98 Å². The summed E-state index contributed by atoms with van der Waals surface area (Å²) >= 11 is 0. The number of fused-ring (bicyclic) bond motifs is 1. The first kappa shape index (κ1) is 13.3. The first-order valence-corrected chi connectivity index (χ1v) is 6.76. The van der Waals surface area contributed by atoms with Crippen molar-refractivity contribution < 1.29 is 9.53 Å². The molecular weight excluding hydrogens is 262 g/mol. The van der Waals surface area contributed by atoms with Gasteiger partial charge in [-0.2, -0.15) is 0 Å². The number of para-hydroxylation sites is 1. The van der Waals surface area contributed by atoms with Gasteiger partial charge in [-0.15, -0.1) is 0 Å². The molecule has 0 saturated heterocycles. The molecule has 0 aliphatic rings. The average Bonchev–Trinajstić information content (AvgIpc) is 2.54. The number of carbonyl (C=O) groups excluding carboxylic acids is 1. The number of hydrogen-bond acceptors (Lipinski definition) is 3. The van der Waals surface area contributed by atoms with Gasteiger partial charge in [0.05, 0.1) is 5.52 Å². The number of hydrogen-bond donors (Lipinski definition) is 0. The molecule has 103 valence electrons. The molecule has 1 heterocycles. The average molecular weight is 276 g/mol. The Morgan fingerprint density at radius 1 is 1.00 bits per heavy atom. The third-order valence-electron chi connectivity index (χ3n) is 3.33. The van der Waals surface area contributed by atoms with Crippen molar-refractivity contribution in [2.24, 2.45) is 0 Å². The predicted octanol–water partition coefficient (Wildman–Crippen LogP) is 3.47. The second kappa shape index (κ2) is 6.18. The number of pyridine rings is 1. The maximum atomic E-state index is 10.3. The number of nitrogens with zero attached hydrogens (tertiary/aromatic N) is 1. The molecule has 0 fully saturated rings. The molecular formula is C18H14NO2. The number of benzene rings is 2. The van der Waals surface area contributed by atoms with E-state index in [-0.39, 0.29) is 0 Å². The lowest BCUT2D eigenvalue weighted by Crippen LogP contribution is -1.97. The molecule has 0 amide bonds. The van der Waals surface area contributed by atoms with Gasteiger partial charge in [0.15, 0.2) is 0 Å². The lowest BCUT2D eigenvalue weighted by Gasteiger charge is -2.09. The van der Waals surface area contributed by atoms with Gasteiger partial charge in [0.1, 0.15) is 12.4 Å². The van der Waals surface area contributed by atoms with Gasteiger partial charge >= 0.3 is 0 Å². The zero-order valence-electron chi connectivity index (χ0n) is 11.5. The van der Waals surface area contributed by atoms with E-state index < -0.39 is 0 Å². The highest BCUT2D eigenvalue weighted by Gasteiger charge is 2.02. The van der Waals surface area contributed by atoms with Crippen molar-refractivity contribution in [3.63, 3.8) is 0 Å². The standard InChI is InChI=1S/C18H14NO2/c20-12-10-14-5-7-16(8-6-14)21-13-15-9-11-19-18-4-2-1-3-17(15)18/h1-9,11H,10,13H2. The van der Waals surface area contributed by atoms with E-state index >= 15 is 0 Å². The van der Waals surface area contributed by atoms with E-state index in [1.807, 2.05) is 60.9 Å². The van der Waals surface area contributed by atoms with E-state index in [9.17, 15) is 4.79 Å². The van der Waals surface area contributed by atoms with Gasteiger partial charge in [0.25, 0.3) is 0 Å². The van der Waals surface area contributed by atoms with Crippen molar-refractivity contribution in [2.75, 3.05) is 0 Å². The zero-order valence-corrected chi connectivity index (χ0v) is 11.5. The second-order valence-corrected chi connectivity index (χ2v) is 4.74. The highest BCUT2D eigenvalue weighted by Crippen LogP contribution is 2.19. The van der Waals surface area contributed by atoms with E-state index in [2.05, 4.69) is 4.98 Å². The minimum absolute atomic E-state index is 0.315. The molecule has 1 radical (unpaired) electrons. The fourth-order valence-electron chi connectivity index (χ4n) is 2.23. The summed E-state index contributed by atoms with van der Waals surface area (Å²) in [7, 11) is 0. The van der Waals surface area contributed by atoms with Crippen molar-refractivity contribution in [1.29, 1.82) is 0 Å². The number of rotatable bonds is 5. The molecule has 3 nitrogen and oxygen atoms in total. The van der Waals surface area contributed by atoms with E-state index in [0.29, 0.717) is 13.0 Å². The third-order valence-corrected chi connectivity index (χ3v) is 3.33. The summed E-state index contributed by atoms with van der Waals surface area (Å²) in [6.45, 7) is 0.488. The molecule has 0 bridgehead atoms. The van der Waals surface area contributed by atoms with Crippen LogP contribution in [0.2, 0.25) is 0 Å². The van der Waals surface area contributed by atoms with Crippen LogP contribution in [-0.2, 0) is 17.8 Å². The van der Waals surface area contributed by atoms with Crippen LogP contribution in [0.25, 0.3) is 10.9 Å². The maximum absolute atomic E-state index is 10.3. The van der Waals surface area contributed by atoms with E-state index in [1.165, 1.54) is 0 Å². The fraction of sp³-hybridized carbons (Fsp3) is 0.111. The van der Waals surface area contributed by atoms with Gasteiger partial charge in [0.2, 0.25) is 6.29 Å². The summed E-state index contributed by atoms with van der Waals surface area (Å²) in [5, 5.41) is 1.10. The Balaban J connectivity index is 1.75. The van der Waals surface area contributed by atoms with Crippen molar-refractivity contribution >= 4 is 17.2 Å². The molecule has 3 rings (SSSR count). The molecule has 3 heteroatoms. The van der Waals surface area contributed by atoms with E-state index in [0.717, 1.165) is 27.8 Å². The fourth-order valence-corrected chi connectivity index (χ4v) is 2.23. The van der Waals surface area contributed by atoms with E-state index in [4.69, 9.17) is 4.74 Å². The molecule has 0 atom stereocenters. The van der Waals surface area contributed by atoms with Crippen molar-refractivity contribution in [3.8, 4) is 5.75 Å². The minimum Gasteiger partial charge on any atom is -0.489 e. The molecule has 1 aromatic heterocycles. The quantitative estimate of drug-likeness (QED) is 0.716. The first-order chi connectivity index (χ1) is 10.4. The minimum atomic E-state index is 0.315. The van der Waals surface area contributed by atoms with Gasteiger partial charge in [-0.25, -0.2) is 0 Å². The van der Waals surface area contributed by atoms with Crippen molar-refractivity contribution in [3.05, 3.63) is 71.9 Å². The van der Waals surface area contributed by atoms with Crippen LogP contribution < -0.4 is 4.74 Å². The smallest absolute Gasteiger partial charge is 0.203 e. The molecule has 21 heavy (non-hydrogen) atoms. The third kappa shape index (κ3) is 3.08. The maximum Gasteiger partial charge on any atom is 0.203 e. The summed E-state index contributed by atoms with van der Waals surface area (Å²) in [5.41, 5.74) is 3.01. The summed E-state index contributed by atoms with van der Waals surface area (Å²) in [6.07, 6.45) is 3.99. The van der Waals surface area contributed by atoms with Gasteiger partial charge < -0.3 is 4.74 Å². The summed E-state index contributed by atoms with van der Waals surface area (Å²) in [4.78, 5) is 14.7. The Hall–Kier alpha value is -2.68. The van der Waals surface area contributed by atoms with Crippen LogP contribution in [0.1, 0.15) is 11.1 Å². The normalized spacial score (nSPS) is 10.5. The molecule has 2 aromatic carbocycles. The van der Waals surface area contributed by atoms with Gasteiger partial charge in [-0.3, -0.25) is 9.78 Å². The van der Waals surface area contributed by atoms with Crippen LogP contribution in [0.4, 0.5) is 0 Å². The van der Waals surface area contributed by atoms with Crippen LogP contribution in [0.5, 0.6) is 5.75 Å².